The van der Waals surface area contributed by atoms with Gasteiger partial charge in [-0.15, -0.1) is 0 Å². The van der Waals surface area contributed by atoms with Gasteiger partial charge in [0.05, 0.1) is 7.11 Å². The lowest BCUT2D eigenvalue weighted by Crippen LogP contribution is -2.53. The first-order chi connectivity index (χ1) is 12.4. The summed E-state index contributed by atoms with van der Waals surface area (Å²) >= 11 is 0. The Kier molecular flexibility index (Phi) is 4.93. The largest absolute Gasteiger partial charge is 0.469 e. The summed E-state index contributed by atoms with van der Waals surface area (Å²) in [5, 5.41) is 0. The molecule has 4 rings (SSSR count). The van der Waals surface area contributed by atoms with Crippen LogP contribution in [0, 0.1) is 46.3 Å². The number of esters is 1. The Morgan fingerprint density at radius 2 is 1.73 bits per heavy atom. The fourth-order valence-electron chi connectivity index (χ4n) is 8.76. The number of methoxy groups -OCH3 is 1. The van der Waals surface area contributed by atoms with Gasteiger partial charge in [0, 0.05) is 6.42 Å². The van der Waals surface area contributed by atoms with E-state index in [2.05, 4.69) is 20.8 Å². The van der Waals surface area contributed by atoms with Crippen LogP contribution in [0.3, 0.4) is 0 Å². The van der Waals surface area contributed by atoms with Gasteiger partial charge in [0.25, 0.3) is 0 Å². The third-order valence-corrected chi connectivity index (χ3v) is 10.1. The summed E-state index contributed by atoms with van der Waals surface area (Å²) in [6.07, 6.45) is 15.1. The van der Waals surface area contributed by atoms with Crippen LogP contribution in [0.15, 0.2) is 0 Å². The van der Waals surface area contributed by atoms with Gasteiger partial charge in [0.15, 0.2) is 0 Å². The standard InChI is InChI=1S/C24H40O2/c1-16(15-22(25)26-4)19-10-11-20-18-9-8-17-7-5-6-13-23(17,2)21(18)12-14-24(19,20)3/h16-21H,5-15H2,1-4H3/t16-,17-,18-,19+,20-,21-,23+,24+/m1/s1. The van der Waals surface area contributed by atoms with E-state index in [1.165, 1.54) is 71.3 Å². The number of hydrogen-bond donors (Lipinski definition) is 0. The van der Waals surface area contributed by atoms with Gasteiger partial charge in [-0.2, -0.15) is 0 Å². The molecule has 0 heterocycles. The first kappa shape index (κ1) is 18.8. The Morgan fingerprint density at radius 3 is 2.50 bits per heavy atom. The second-order valence-corrected chi connectivity index (χ2v) is 10.9. The Labute approximate surface area is 160 Å². The summed E-state index contributed by atoms with van der Waals surface area (Å²) in [5.41, 5.74) is 1.10. The van der Waals surface area contributed by atoms with Crippen molar-refractivity contribution in [2.24, 2.45) is 46.3 Å². The quantitative estimate of drug-likeness (QED) is 0.557. The van der Waals surface area contributed by atoms with E-state index in [0.29, 0.717) is 29.1 Å². The third kappa shape index (κ3) is 2.76. The fourth-order valence-corrected chi connectivity index (χ4v) is 8.76. The Hall–Kier alpha value is -0.530. The molecule has 0 aromatic heterocycles. The van der Waals surface area contributed by atoms with Gasteiger partial charge in [-0.25, -0.2) is 0 Å². The van der Waals surface area contributed by atoms with Crippen LogP contribution in [0.25, 0.3) is 0 Å². The highest BCUT2D eigenvalue weighted by Crippen LogP contribution is 2.68. The minimum atomic E-state index is -0.0199. The molecule has 0 aromatic carbocycles. The van der Waals surface area contributed by atoms with Gasteiger partial charge in [-0.3, -0.25) is 4.79 Å². The van der Waals surface area contributed by atoms with Gasteiger partial charge in [0.2, 0.25) is 0 Å². The number of ether oxygens (including phenoxy) is 1. The van der Waals surface area contributed by atoms with E-state index < -0.39 is 0 Å². The van der Waals surface area contributed by atoms with Crippen molar-refractivity contribution < 1.29 is 9.53 Å². The molecule has 0 spiro atoms. The van der Waals surface area contributed by atoms with Crippen LogP contribution in [0.5, 0.6) is 0 Å². The first-order valence-corrected chi connectivity index (χ1v) is 11.5. The van der Waals surface area contributed by atoms with Crippen molar-refractivity contribution in [3.8, 4) is 0 Å². The van der Waals surface area contributed by atoms with Gasteiger partial charge in [-0.1, -0.05) is 33.6 Å². The van der Waals surface area contributed by atoms with E-state index in [-0.39, 0.29) is 5.97 Å². The molecule has 4 aliphatic rings. The summed E-state index contributed by atoms with van der Waals surface area (Å²) < 4.78 is 4.97. The second kappa shape index (κ2) is 6.82. The van der Waals surface area contributed by atoms with E-state index in [9.17, 15) is 4.79 Å². The molecule has 148 valence electrons. The molecule has 0 unspecified atom stereocenters. The zero-order valence-corrected chi connectivity index (χ0v) is 17.6. The first-order valence-electron chi connectivity index (χ1n) is 11.5. The molecule has 0 aliphatic heterocycles. The predicted molar refractivity (Wildman–Crippen MR) is 106 cm³/mol. The highest BCUT2D eigenvalue weighted by molar-refractivity contribution is 5.69. The SMILES string of the molecule is COC(=O)C[C@@H](C)[C@@H]1CC[C@@H]2[C@H]3CC[C@H]4CCCC[C@]4(C)[C@@H]3CC[C@]21C. The Balaban J connectivity index is 1.53. The molecule has 0 saturated heterocycles. The highest BCUT2D eigenvalue weighted by Gasteiger charge is 2.60. The van der Waals surface area contributed by atoms with Crippen molar-refractivity contribution >= 4 is 5.97 Å². The summed E-state index contributed by atoms with van der Waals surface area (Å²) in [7, 11) is 1.53. The Morgan fingerprint density at radius 1 is 0.962 bits per heavy atom. The monoisotopic (exact) mass is 360 g/mol. The summed E-state index contributed by atoms with van der Waals surface area (Å²) in [5.74, 6) is 5.02. The van der Waals surface area contributed by atoms with Crippen LogP contribution in [0.4, 0.5) is 0 Å². The summed E-state index contributed by atoms with van der Waals surface area (Å²) in [4.78, 5) is 11.8. The minimum Gasteiger partial charge on any atom is -0.469 e. The van der Waals surface area contributed by atoms with Crippen LogP contribution < -0.4 is 0 Å². The zero-order valence-electron chi connectivity index (χ0n) is 17.6. The normalized spacial score (nSPS) is 48.8. The molecule has 0 amide bonds. The van der Waals surface area contributed by atoms with Crippen LogP contribution in [0.1, 0.15) is 91.4 Å². The molecular weight excluding hydrogens is 320 g/mol. The van der Waals surface area contributed by atoms with E-state index in [4.69, 9.17) is 4.74 Å². The maximum absolute atomic E-state index is 11.8. The lowest BCUT2D eigenvalue weighted by molar-refractivity contribution is -0.143. The maximum atomic E-state index is 11.8. The highest BCUT2D eigenvalue weighted by atomic mass is 16.5. The van der Waals surface area contributed by atoms with Crippen molar-refractivity contribution in [2.75, 3.05) is 7.11 Å². The topological polar surface area (TPSA) is 26.3 Å². The number of rotatable bonds is 3. The molecule has 0 N–H and O–H groups in total. The van der Waals surface area contributed by atoms with Crippen molar-refractivity contribution in [1.29, 1.82) is 0 Å². The average molecular weight is 361 g/mol. The van der Waals surface area contributed by atoms with Crippen molar-refractivity contribution in [3.05, 3.63) is 0 Å². The summed E-state index contributed by atoms with van der Waals surface area (Å²) in [6, 6.07) is 0. The molecule has 2 heteroatoms. The lowest BCUT2D eigenvalue weighted by Gasteiger charge is -2.60. The van der Waals surface area contributed by atoms with Gasteiger partial charge >= 0.3 is 5.97 Å². The average Bonchev–Trinajstić information content (AvgIpc) is 2.98. The number of carbonyl (C=O) groups is 1. The van der Waals surface area contributed by atoms with E-state index in [1.807, 2.05) is 0 Å². The van der Waals surface area contributed by atoms with Crippen LogP contribution in [0.2, 0.25) is 0 Å². The van der Waals surface area contributed by atoms with E-state index >= 15 is 0 Å². The maximum Gasteiger partial charge on any atom is 0.305 e. The van der Waals surface area contributed by atoms with Crippen molar-refractivity contribution in [3.63, 3.8) is 0 Å². The second-order valence-electron chi connectivity index (χ2n) is 10.9. The predicted octanol–water partition coefficient (Wildman–Crippen LogP) is 6.23. The fraction of sp³-hybridized carbons (Fsp3) is 0.958. The van der Waals surface area contributed by atoms with E-state index in [0.717, 1.165) is 23.7 Å². The van der Waals surface area contributed by atoms with Crippen LogP contribution in [-0.4, -0.2) is 13.1 Å². The van der Waals surface area contributed by atoms with Crippen molar-refractivity contribution in [1.82, 2.24) is 0 Å². The number of carbonyl (C=O) groups excluding carboxylic acids is 1. The summed E-state index contributed by atoms with van der Waals surface area (Å²) in [6.45, 7) is 7.57. The van der Waals surface area contributed by atoms with Gasteiger partial charge < -0.3 is 4.74 Å². The lowest BCUT2D eigenvalue weighted by atomic mass is 9.44. The molecular formula is C24H40O2. The third-order valence-electron chi connectivity index (χ3n) is 10.1. The van der Waals surface area contributed by atoms with Crippen molar-refractivity contribution in [2.45, 2.75) is 91.4 Å². The molecule has 8 atom stereocenters. The van der Waals surface area contributed by atoms with Gasteiger partial charge in [-0.05, 0) is 97.7 Å². The molecule has 4 fully saturated rings. The molecule has 0 aromatic rings. The van der Waals surface area contributed by atoms with Gasteiger partial charge in [0.1, 0.15) is 0 Å². The number of fused-ring (bicyclic) bond motifs is 5. The van der Waals surface area contributed by atoms with Crippen LogP contribution in [-0.2, 0) is 9.53 Å². The Bertz CT molecular complexity index is 542. The molecule has 4 aliphatic carbocycles. The molecule has 0 bridgehead atoms. The molecule has 0 radical (unpaired) electrons. The molecule has 26 heavy (non-hydrogen) atoms. The minimum absolute atomic E-state index is 0.0199. The van der Waals surface area contributed by atoms with E-state index in [1.54, 1.807) is 0 Å². The van der Waals surface area contributed by atoms with Crippen LogP contribution >= 0.6 is 0 Å². The molecule has 2 nitrogen and oxygen atoms in total. The smallest absolute Gasteiger partial charge is 0.305 e. The molecule has 4 saturated carbocycles. The zero-order chi connectivity index (χ0) is 18.5. The number of hydrogen-bond acceptors (Lipinski definition) is 2.